The highest BCUT2D eigenvalue weighted by molar-refractivity contribution is 6.06. The Morgan fingerprint density at radius 2 is 2.38 bits per heavy atom. The van der Waals surface area contributed by atoms with Crippen molar-refractivity contribution >= 4 is 22.8 Å². The number of carbonyl (C=O) groups is 2. The van der Waals surface area contributed by atoms with Crippen molar-refractivity contribution in [1.82, 2.24) is 20.2 Å². The van der Waals surface area contributed by atoms with Gasteiger partial charge in [0.1, 0.15) is 5.65 Å². The summed E-state index contributed by atoms with van der Waals surface area (Å²) in [5, 5.41) is 3.58. The molecule has 4 heterocycles. The van der Waals surface area contributed by atoms with Gasteiger partial charge in [0, 0.05) is 50.4 Å². The Morgan fingerprint density at radius 1 is 1.50 bits per heavy atom. The van der Waals surface area contributed by atoms with Gasteiger partial charge in [0.25, 0.3) is 5.91 Å². The van der Waals surface area contributed by atoms with Gasteiger partial charge in [-0.25, -0.2) is 4.98 Å². The van der Waals surface area contributed by atoms with Gasteiger partial charge in [0.2, 0.25) is 5.91 Å². The van der Waals surface area contributed by atoms with E-state index in [1.807, 2.05) is 12.1 Å². The molecule has 24 heavy (non-hydrogen) atoms. The quantitative estimate of drug-likeness (QED) is 0.853. The molecular formula is C17H20N4O3. The molecule has 0 unspecified atom stereocenters. The SMILES string of the molecule is CNC(=O)[C@]12CCOC[C@H]1CN(C(=O)c1c[nH]c3ncccc13)C2. The second kappa shape index (κ2) is 5.59. The summed E-state index contributed by atoms with van der Waals surface area (Å²) in [6.07, 6.45) is 4.04. The van der Waals surface area contributed by atoms with Crippen molar-refractivity contribution in [2.45, 2.75) is 6.42 Å². The van der Waals surface area contributed by atoms with Crippen LogP contribution in [0.1, 0.15) is 16.8 Å². The van der Waals surface area contributed by atoms with E-state index in [2.05, 4.69) is 15.3 Å². The van der Waals surface area contributed by atoms with Crippen LogP contribution in [-0.4, -0.2) is 60.0 Å². The summed E-state index contributed by atoms with van der Waals surface area (Å²) in [5.74, 6) is -0.0166. The van der Waals surface area contributed by atoms with E-state index in [0.29, 0.717) is 43.9 Å². The van der Waals surface area contributed by atoms with Gasteiger partial charge in [0.05, 0.1) is 17.6 Å². The maximum atomic E-state index is 13.0. The molecule has 7 nitrogen and oxygen atoms in total. The minimum atomic E-state index is -0.535. The smallest absolute Gasteiger partial charge is 0.256 e. The van der Waals surface area contributed by atoms with Crippen molar-refractivity contribution in [3.63, 3.8) is 0 Å². The molecule has 2 aliphatic heterocycles. The van der Waals surface area contributed by atoms with Gasteiger partial charge in [-0.1, -0.05) is 0 Å². The normalized spacial score (nSPS) is 26.4. The summed E-state index contributed by atoms with van der Waals surface area (Å²) >= 11 is 0. The molecule has 0 aliphatic carbocycles. The second-order valence-electron chi connectivity index (χ2n) is 6.54. The zero-order chi connectivity index (χ0) is 16.7. The first-order chi connectivity index (χ1) is 11.7. The first-order valence-corrected chi connectivity index (χ1v) is 8.17. The number of hydrogen-bond donors (Lipinski definition) is 2. The molecule has 7 heteroatoms. The number of H-pyrrole nitrogens is 1. The summed E-state index contributed by atoms with van der Waals surface area (Å²) in [4.78, 5) is 34.6. The zero-order valence-electron chi connectivity index (χ0n) is 13.5. The first kappa shape index (κ1) is 15.1. The number of nitrogens with zero attached hydrogens (tertiary/aromatic N) is 2. The number of ether oxygens (including phenoxy) is 1. The highest BCUT2D eigenvalue weighted by atomic mass is 16.5. The van der Waals surface area contributed by atoms with Crippen LogP contribution in [0.25, 0.3) is 11.0 Å². The number of pyridine rings is 1. The fourth-order valence-electron chi connectivity index (χ4n) is 4.03. The average molecular weight is 328 g/mol. The van der Waals surface area contributed by atoms with Crippen LogP contribution >= 0.6 is 0 Å². The highest BCUT2D eigenvalue weighted by Gasteiger charge is 2.54. The number of fused-ring (bicyclic) bond motifs is 2. The third-order valence-electron chi connectivity index (χ3n) is 5.35. The van der Waals surface area contributed by atoms with Gasteiger partial charge in [-0.15, -0.1) is 0 Å². The van der Waals surface area contributed by atoms with E-state index in [1.54, 1.807) is 24.3 Å². The van der Waals surface area contributed by atoms with Crippen molar-refractivity contribution in [1.29, 1.82) is 0 Å². The number of hydrogen-bond acceptors (Lipinski definition) is 4. The lowest BCUT2D eigenvalue weighted by molar-refractivity contribution is -0.138. The van der Waals surface area contributed by atoms with Gasteiger partial charge in [-0.3, -0.25) is 9.59 Å². The molecule has 2 atom stereocenters. The molecule has 126 valence electrons. The molecule has 0 radical (unpaired) electrons. The zero-order valence-corrected chi connectivity index (χ0v) is 13.5. The Morgan fingerprint density at radius 3 is 3.21 bits per heavy atom. The molecule has 2 aromatic rings. The van der Waals surface area contributed by atoms with Crippen LogP contribution in [0.15, 0.2) is 24.5 Å². The second-order valence-corrected chi connectivity index (χ2v) is 6.54. The molecule has 0 bridgehead atoms. The maximum Gasteiger partial charge on any atom is 0.256 e. The maximum absolute atomic E-state index is 13.0. The number of amides is 2. The van der Waals surface area contributed by atoms with E-state index >= 15 is 0 Å². The number of carbonyl (C=O) groups excluding carboxylic acids is 2. The highest BCUT2D eigenvalue weighted by Crippen LogP contribution is 2.43. The number of rotatable bonds is 2. The van der Waals surface area contributed by atoms with E-state index in [0.717, 1.165) is 5.39 Å². The summed E-state index contributed by atoms with van der Waals surface area (Å²) < 4.78 is 5.56. The van der Waals surface area contributed by atoms with Crippen molar-refractivity contribution < 1.29 is 14.3 Å². The Bertz CT molecular complexity index is 802. The Balaban J connectivity index is 1.66. The monoisotopic (exact) mass is 328 g/mol. The van der Waals surface area contributed by atoms with Crippen LogP contribution < -0.4 is 5.32 Å². The van der Waals surface area contributed by atoms with Crippen molar-refractivity contribution in [3.05, 3.63) is 30.1 Å². The Hall–Kier alpha value is -2.41. The largest absolute Gasteiger partial charge is 0.381 e. The summed E-state index contributed by atoms with van der Waals surface area (Å²) in [5.41, 5.74) is 0.763. The topological polar surface area (TPSA) is 87.3 Å². The first-order valence-electron chi connectivity index (χ1n) is 8.17. The standard InChI is InChI=1S/C17H20N4O3/c1-18-16(23)17-4-6-24-9-11(17)8-21(10-17)15(22)13-7-20-14-12(13)3-2-5-19-14/h2-3,5,7,11H,4,6,8-10H2,1H3,(H,18,23)(H,19,20)/t11-,17+/m1/s1. The summed E-state index contributed by atoms with van der Waals surface area (Å²) in [7, 11) is 1.65. The number of likely N-dealkylation sites (tertiary alicyclic amines) is 1. The lowest BCUT2D eigenvalue weighted by Gasteiger charge is -2.36. The van der Waals surface area contributed by atoms with Gasteiger partial charge in [-0.2, -0.15) is 0 Å². The van der Waals surface area contributed by atoms with E-state index in [9.17, 15) is 9.59 Å². The van der Waals surface area contributed by atoms with Crippen LogP contribution in [0.4, 0.5) is 0 Å². The summed E-state index contributed by atoms with van der Waals surface area (Å²) in [6, 6.07) is 3.70. The number of aromatic amines is 1. The predicted octanol–water partition coefficient (Wildman–Crippen LogP) is 0.788. The van der Waals surface area contributed by atoms with Crippen molar-refractivity contribution in [3.8, 4) is 0 Å². The van der Waals surface area contributed by atoms with Crippen LogP contribution in [0, 0.1) is 11.3 Å². The molecule has 0 saturated carbocycles. The lowest BCUT2D eigenvalue weighted by Crippen LogP contribution is -2.49. The molecule has 0 spiro atoms. The van der Waals surface area contributed by atoms with Crippen LogP contribution in [0.3, 0.4) is 0 Å². The van der Waals surface area contributed by atoms with Crippen LogP contribution in [-0.2, 0) is 9.53 Å². The molecule has 2 fully saturated rings. The average Bonchev–Trinajstić information content (AvgIpc) is 3.22. The third-order valence-corrected chi connectivity index (χ3v) is 5.35. The van der Waals surface area contributed by atoms with E-state index in [-0.39, 0.29) is 17.7 Å². The fourth-order valence-corrected chi connectivity index (χ4v) is 4.03. The molecule has 2 N–H and O–H groups in total. The fraction of sp³-hybridized carbons (Fsp3) is 0.471. The van der Waals surface area contributed by atoms with E-state index in [4.69, 9.17) is 4.74 Å². The molecule has 0 aromatic carbocycles. The number of nitrogens with one attached hydrogen (secondary N) is 2. The molecule has 2 aliphatic rings. The Kier molecular flexibility index (Phi) is 3.53. The lowest BCUT2D eigenvalue weighted by atomic mass is 9.73. The van der Waals surface area contributed by atoms with Gasteiger partial charge < -0.3 is 19.9 Å². The van der Waals surface area contributed by atoms with E-state index in [1.165, 1.54) is 0 Å². The number of aromatic nitrogens is 2. The van der Waals surface area contributed by atoms with Gasteiger partial charge >= 0.3 is 0 Å². The van der Waals surface area contributed by atoms with Crippen molar-refractivity contribution in [2.24, 2.45) is 11.3 Å². The van der Waals surface area contributed by atoms with Crippen molar-refractivity contribution in [2.75, 3.05) is 33.4 Å². The molecule has 2 aromatic heterocycles. The predicted molar refractivity (Wildman–Crippen MR) is 87.4 cm³/mol. The van der Waals surface area contributed by atoms with Gasteiger partial charge in [0.15, 0.2) is 0 Å². The molecule has 2 saturated heterocycles. The third kappa shape index (κ3) is 2.11. The van der Waals surface area contributed by atoms with Crippen LogP contribution in [0.5, 0.6) is 0 Å². The summed E-state index contributed by atoms with van der Waals surface area (Å²) in [6.45, 7) is 2.06. The van der Waals surface area contributed by atoms with Gasteiger partial charge in [-0.05, 0) is 18.6 Å². The minimum Gasteiger partial charge on any atom is -0.381 e. The van der Waals surface area contributed by atoms with E-state index < -0.39 is 5.41 Å². The molecule has 2 amide bonds. The Labute approximate surface area is 139 Å². The van der Waals surface area contributed by atoms with Crippen LogP contribution in [0.2, 0.25) is 0 Å². The molecule has 4 rings (SSSR count). The molecular weight excluding hydrogens is 308 g/mol. The minimum absolute atomic E-state index is 0.00620.